The Balaban J connectivity index is 1.87. The van der Waals surface area contributed by atoms with Gasteiger partial charge in [0.25, 0.3) is 0 Å². The van der Waals surface area contributed by atoms with E-state index >= 15 is 0 Å². The van der Waals surface area contributed by atoms with Crippen molar-refractivity contribution >= 4 is 5.97 Å². The zero-order valence-corrected chi connectivity index (χ0v) is 14.8. The van der Waals surface area contributed by atoms with E-state index < -0.39 is 11.6 Å². The molecule has 6 nitrogen and oxygen atoms in total. The van der Waals surface area contributed by atoms with E-state index in [0.29, 0.717) is 46.7 Å². The number of nitrogens with two attached hydrogens (primary N) is 1. The molecule has 28 heavy (non-hydrogen) atoms. The van der Waals surface area contributed by atoms with Crippen LogP contribution in [0.2, 0.25) is 0 Å². The molecule has 0 fully saturated rings. The standard InChI is InChI=1S/C22H17NO5/c23-9-8-12-2-1-3-17-20(12)21(26)28-22(17)15-6-4-13(24)10-18(15)27-19-11-14(25)5-7-16(19)22/h1-7,10-11,24-25H,8-9,23H2. The number of carbonyl (C=O) groups is 1. The zero-order chi connectivity index (χ0) is 19.5. The Bertz CT molecular complexity index is 1090. The number of aromatic hydroxyl groups is 2. The molecule has 4 N–H and O–H groups in total. The predicted molar refractivity (Wildman–Crippen MR) is 101 cm³/mol. The number of hydrogen-bond donors (Lipinski definition) is 3. The van der Waals surface area contributed by atoms with E-state index in [2.05, 4.69) is 0 Å². The van der Waals surface area contributed by atoms with Gasteiger partial charge in [0.1, 0.15) is 23.0 Å². The van der Waals surface area contributed by atoms with Crippen molar-refractivity contribution in [1.82, 2.24) is 0 Å². The van der Waals surface area contributed by atoms with Gasteiger partial charge in [0.05, 0.1) is 5.56 Å². The van der Waals surface area contributed by atoms with Crippen LogP contribution >= 0.6 is 0 Å². The lowest BCUT2D eigenvalue weighted by Gasteiger charge is -2.36. The van der Waals surface area contributed by atoms with Crippen molar-refractivity contribution in [2.75, 3.05) is 6.54 Å². The fourth-order valence-electron chi connectivity index (χ4n) is 4.18. The van der Waals surface area contributed by atoms with Crippen LogP contribution in [0.4, 0.5) is 0 Å². The van der Waals surface area contributed by atoms with Gasteiger partial charge >= 0.3 is 5.97 Å². The number of fused-ring (bicyclic) bond motifs is 6. The number of hydrogen-bond acceptors (Lipinski definition) is 6. The van der Waals surface area contributed by atoms with E-state index in [-0.39, 0.29) is 11.5 Å². The molecule has 1 spiro atoms. The molecule has 0 amide bonds. The Kier molecular flexibility index (Phi) is 3.41. The highest BCUT2D eigenvalue weighted by Crippen LogP contribution is 2.57. The highest BCUT2D eigenvalue weighted by molar-refractivity contribution is 5.98. The van der Waals surface area contributed by atoms with Gasteiger partial charge < -0.3 is 25.4 Å². The van der Waals surface area contributed by atoms with Gasteiger partial charge in [-0.1, -0.05) is 18.2 Å². The van der Waals surface area contributed by atoms with E-state index in [1.807, 2.05) is 18.2 Å². The molecule has 6 heteroatoms. The first-order chi connectivity index (χ1) is 13.5. The molecule has 2 heterocycles. The molecule has 3 aromatic carbocycles. The molecule has 0 saturated carbocycles. The number of phenolic OH excluding ortho intramolecular Hbond substituents is 2. The van der Waals surface area contributed by atoms with Gasteiger partial charge in [-0.25, -0.2) is 4.79 Å². The van der Waals surface area contributed by atoms with Crippen molar-refractivity contribution < 1.29 is 24.5 Å². The average Bonchev–Trinajstić information content (AvgIpc) is 2.96. The predicted octanol–water partition coefficient (Wildman–Crippen LogP) is 3.17. The molecule has 0 aromatic heterocycles. The van der Waals surface area contributed by atoms with Crippen LogP contribution in [-0.2, 0) is 16.8 Å². The lowest BCUT2D eigenvalue weighted by molar-refractivity contribution is 0.0224. The molecule has 0 unspecified atom stereocenters. The minimum absolute atomic E-state index is 0.0268. The van der Waals surface area contributed by atoms with Crippen molar-refractivity contribution in [2.24, 2.45) is 5.73 Å². The number of esters is 1. The van der Waals surface area contributed by atoms with Gasteiger partial charge in [-0.2, -0.15) is 0 Å². The normalized spacial score (nSPS) is 15.4. The fraction of sp³-hybridized carbons (Fsp3) is 0.136. The van der Waals surface area contributed by atoms with Crippen LogP contribution in [0.1, 0.15) is 32.6 Å². The maximum absolute atomic E-state index is 13.0. The SMILES string of the molecule is NCCc1cccc2c1C(=O)OC21c2ccc(O)cc2Oc2cc(O)ccc21. The Morgan fingerprint density at radius 1 is 0.893 bits per heavy atom. The van der Waals surface area contributed by atoms with Gasteiger partial charge in [-0.05, 0) is 42.8 Å². The van der Waals surface area contributed by atoms with Gasteiger partial charge in [0.2, 0.25) is 0 Å². The zero-order valence-electron chi connectivity index (χ0n) is 14.8. The van der Waals surface area contributed by atoms with Crippen molar-refractivity contribution in [2.45, 2.75) is 12.0 Å². The molecule has 5 rings (SSSR count). The molecule has 0 saturated heterocycles. The smallest absolute Gasteiger partial charge is 0.340 e. The summed E-state index contributed by atoms with van der Waals surface area (Å²) in [5.74, 6) is 0.350. The summed E-state index contributed by atoms with van der Waals surface area (Å²) < 4.78 is 12.0. The van der Waals surface area contributed by atoms with E-state index in [9.17, 15) is 15.0 Å². The summed E-state index contributed by atoms with van der Waals surface area (Å²) in [7, 11) is 0. The Morgan fingerprint density at radius 3 is 2.14 bits per heavy atom. The lowest BCUT2D eigenvalue weighted by Crippen LogP contribution is -2.32. The highest BCUT2D eigenvalue weighted by atomic mass is 16.6. The van der Waals surface area contributed by atoms with Gasteiger partial charge in [-0.3, -0.25) is 0 Å². The molecular formula is C22H17NO5. The first-order valence-corrected chi connectivity index (χ1v) is 8.95. The Hall–Kier alpha value is -3.51. The van der Waals surface area contributed by atoms with Crippen LogP contribution < -0.4 is 10.5 Å². The van der Waals surface area contributed by atoms with E-state index in [4.69, 9.17) is 15.2 Å². The second-order valence-corrected chi connectivity index (χ2v) is 6.91. The third-order valence-electron chi connectivity index (χ3n) is 5.30. The van der Waals surface area contributed by atoms with Crippen LogP contribution in [-0.4, -0.2) is 22.7 Å². The molecule has 0 aliphatic carbocycles. The number of phenols is 2. The Labute approximate surface area is 160 Å². The van der Waals surface area contributed by atoms with Gasteiger partial charge in [-0.15, -0.1) is 0 Å². The number of benzene rings is 3. The maximum atomic E-state index is 13.0. The number of rotatable bonds is 2. The second kappa shape index (κ2) is 5.74. The van der Waals surface area contributed by atoms with Crippen molar-refractivity contribution in [1.29, 1.82) is 0 Å². The molecule has 0 bridgehead atoms. The number of carbonyl (C=O) groups excluding carboxylic acids is 1. The largest absolute Gasteiger partial charge is 0.508 e. The number of ether oxygens (including phenoxy) is 2. The van der Waals surface area contributed by atoms with Crippen LogP contribution in [0.15, 0.2) is 54.6 Å². The third kappa shape index (κ3) is 2.09. The molecule has 3 aromatic rings. The molecule has 140 valence electrons. The fourth-order valence-corrected chi connectivity index (χ4v) is 4.18. The van der Waals surface area contributed by atoms with E-state index in [1.165, 1.54) is 24.3 Å². The molecule has 2 aliphatic heterocycles. The Morgan fingerprint density at radius 2 is 1.54 bits per heavy atom. The van der Waals surface area contributed by atoms with Crippen LogP contribution in [0.3, 0.4) is 0 Å². The summed E-state index contributed by atoms with van der Waals surface area (Å²) >= 11 is 0. The topological polar surface area (TPSA) is 102 Å². The van der Waals surface area contributed by atoms with Crippen molar-refractivity contribution in [3.63, 3.8) is 0 Å². The summed E-state index contributed by atoms with van der Waals surface area (Å²) in [6.45, 7) is 0.411. The summed E-state index contributed by atoms with van der Waals surface area (Å²) in [4.78, 5) is 13.0. The van der Waals surface area contributed by atoms with E-state index in [1.54, 1.807) is 12.1 Å². The van der Waals surface area contributed by atoms with Crippen molar-refractivity contribution in [3.05, 3.63) is 82.4 Å². The van der Waals surface area contributed by atoms with Crippen LogP contribution in [0.25, 0.3) is 0 Å². The molecule has 0 atom stereocenters. The van der Waals surface area contributed by atoms with Crippen LogP contribution in [0, 0.1) is 0 Å². The van der Waals surface area contributed by atoms with Crippen LogP contribution in [0.5, 0.6) is 23.0 Å². The second-order valence-electron chi connectivity index (χ2n) is 6.91. The highest BCUT2D eigenvalue weighted by Gasteiger charge is 2.54. The van der Waals surface area contributed by atoms with E-state index in [0.717, 1.165) is 5.56 Å². The van der Waals surface area contributed by atoms with Crippen molar-refractivity contribution in [3.8, 4) is 23.0 Å². The maximum Gasteiger partial charge on any atom is 0.340 e. The minimum atomic E-state index is -1.22. The first kappa shape index (κ1) is 16.6. The van der Waals surface area contributed by atoms with Gasteiger partial charge in [0, 0.05) is 28.8 Å². The summed E-state index contributed by atoms with van der Waals surface area (Å²) in [5.41, 5.74) is 7.77. The quantitative estimate of drug-likeness (QED) is 0.595. The summed E-state index contributed by atoms with van der Waals surface area (Å²) in [6.07, 6.45) is 0.551. The molecular weight excluding hydrogens is 358 g/mol. The molecule has 0 radical (unpaired) electrons. The third-order valence-corrected chi connectivity index (χ3v) is 5.30. The average molecular weight is 375 g/mol. The molecule has 2 aliphatic rings. The summed E-state index contributed by atoms with van der Waals surface area (Å²) in [5, 5.41) is 19.9. The monoisotopic (exact) mass is 375 g/mol. The first-order valence-electron chi connectivity index (χ1n) is 8.95. The minimum Gasteiger partial charge on any atom is -0.508 e. The lowest BCUT2D eigenvalue weighted by atomic mass is 9.77. The van der Waals surface area contributed by atoms with Gasteiger partial charge in [0.15, 0.2) is 5.60 Å². The summed E-state index contributed by atoms with van der Waals surface area (Å²) in [6, 6.07) is 15.0.